The fourth-order valence-electron chi connectivity index (χ4n) is 1.86. The van der Waals surface area contributed by atoms with Gasteiger partial charge in [-0.25, -0.2) is 0 Å². The Morgan fingerprint density at radius 1 is 1.55 bits per heavy atom. The van der Waals surface area contributed by atoms with Gasteiger partial charge in [-0.15, -0.1) is 0 Å². The average Bonchev–Trinajstić information content (AvgIpc) is 2.35. The second-order valence-corrected chi connectivity index (χ2v) is 4.06. The molecule has 2 rings (SSSR count). The molecule has 0 saturated carbocycles. The molecule has 0 atom stereocenters. The lowest BCUT2D eigenvalue weighted by atomic mass is 9.91. The summed E-state index contributed by atoms with van der Waals surface area (Å²) < 4.78 is 1.92. The Bertz CT molecular complexity index is 284. The molecule has 0 amide bonds. The quantitative estimate of drug-likeness (QED) is 0.549. The highest BCUT2D eigenvalue weighted by Gasteiger charge is 2.32. The van der Waals surface area contributed by atoms with E-state index in [-0.39, 0.29) is 0 Å². The second-order valence-electron chi connectivity index (χ2n) is 4.06. The van der Waals surface area contributed by atoms with E-state index in [0.717, 1.165) is 0 Å². The van der Waals surface area contributed by atoms with Crippen molar-refractivity contribution in [1.29, 1.82) is 0 Å². The smallest absolute Gasteiger partial charge is 0.0712 e. The summed E-state index contributed by atoms with van der Waals surface area (Å²) in [6, 6.07) is 0. The van der Waals surface area contributed by atoms with E-state index in [9.17, 15) is 0 Å². The molecule has 2 heteroatoms. The van der Waals surface area contributed by atoms with Crippen LogP contribution in [0.4, 0.5) is 0 Å². The van der Waals surface area contributed by atoms with Crippen molar-refractivity contribution in [3.8, 4) is 0 Å². The highest BCUT2D eigenvalue weighted by molar-refractivity contribution is 5.30. The van der Waals surface area contributed by atoms with Gasteiger partial charge in [0.2, 0.25) is 0 Å². The molecule has 1 aliphatic carbocycles. The number of hydrogen-bond acceptors (Lipinski definition) is 1. The van der Waals surface area contributed by atoms with Crippen LogP contribution in [-0.2, 0) is 18.9 Å². The lowest BCUT2D eigenvalue weighted by Crippen LogP contribution is -2.13. The maximum Gasteiger partial charge on any atom is 0.0712 e. The molecule has 1 aromatic heterocycles. The van der Waals surface area contributed by atoms with Gasteiger partial charge in [-0.2, -0.15) is 5.10 Å². The molecule has 0 radical (unpaired) electrons. The zero-order chi connectivity index (χ0) is 8.06. The molecule has 2 nitrogen and oxygen atoms in total. The van der Waals surface area contributed by atoms with Crippen molar-refractivity contribution in [1.82, 2.24) is 9.78 Å². The molecule has 0 aromatic carbocycles. The normalized spacial score (nSPS) is 20.3. The van der Waals surface area contributed by atoms with Gasteiger partial charge in [-0.3, -0.25) is 4.68 Å². The van der Waals surface area contributed by atoms with Crippen molar-refractivity contribution in [3.63, 3.8) is 0 Å². The molecule has 1 aliphatic rings. The minimum absolute atomic E-state index is 0.316. The predicted molar refractivity (Wildman–Crippen MR) is 44.6 cm³/mol. The van der Waals surface area contributed by atoms with Gasteiger partial charge in [-0.05, 0) is 18.4 Å². The van der Waals surface area contributed by atoms with Gasteiger partial charge in [0.1, 0.15) is 0 Å². The van der Waals surface area contributed by atoms with Crippen molar-refractivity contribution >= 4 is 0 Å². The fraction of sp³-hybridized carbons (Fsp3) is 0.667. The fourth-order valence-corrected chi connectivity index (χ4v) is 1.86. The SMILES string of the molecule is Cn1cc2c(n1)C(C)(C)CC2. The molecule has 0 unspecified atom stereocenters. The number of hydrogen-bond donors (Lipinski definition) is 0. The molecule has 0 spiro atoms. The number of nitrogens with zero attached hydrogens (tertiary/aromatic N) is 2. The minimum Gasteiger partial charge on any atom is -0.275 e. The van der Waals surface area contributed by atoms with Crippen LogP contribution >= 0.6 is 0 Å². The zero-order valence-electron chi connectivity index (χ0n) is 7.39. The summed E-state index contributed by atoms with van der Waals surface area (Å²) in [5, 5.41) is 4.46. The van der Waals surface area contributed by atoms with Gasteiger partial charge in [0, 0.05) is 18.7 Å². The van der Waals surface area contributed by atoms with Crippen LogP contribution in [0.3, 0.4) is 0 Å². The van der Waals surface area contributed by atoms with Crippen molar-refractivity contribution in [2.24, 2.45) is 7.05 Å². The predicted octanol–water partition coefficient (Wildman–Crippen LogP) is 1.64. The first-order chi connectivity index (χ1) is 5.09. The van der Waals surface area contributed by atoms with E-state index >= 15 is 0 Å². The van der Waals surface area contributed by atoms with E-state index < -0.39 is 0 Å². The first kappa shape index (κ1) is 6.89. The Morgan fingerprint density at radius 2 is 2.27 bits per heavy atom. The van der Waals surface area contributed by atoms with Crippen LogP contribution in [0, 0.1) is 0 Å². The summed E-state index contributed by atoms with van der Waals surface area (Å²) in [6.45, 7) is 4.54. The number of aryl methyl sites for hydroxylation is 2. The zero-order valence-corrected chi connectivity index (χ0v) is 7.39. The summed E-state index contributed by atoms with van der Waals surface area (Å²) in [5.74, 6) is 0. The summed E-state index contributed by atoms with van der Waals surface area (Å²) in [7, 11) is 1.99. The highest BCUT2D eigenvalue weighted by atomic mass is 15.3. The van der Waals surface area contributed by atoms with Crippen molar-refractivity contribution in [3.05, 3.63) is 17.5 Å². The maximum atomic E-state index is 4.46. The third kappa shape index (κ3) is 0.889. The maximum absolute atomic E-state index is 4.46. The summed E-state index contributed by atoms with van der Waals surface area (Å²) in [6.07, 6.45) is 4.60. The van der Waals surface area contributed by atoms with Crippen LogP contribution in [-0.4, -0.2) is 9.78 Å². The van der Waals surface area contributed by atoms with E-state index in [1.165, 1.54) is 24.1 Å². The van der Waals surface area contributed by atoms with Crippen LogP contribution < -0.4 is 0 Å². The number of aromatic nitrogens is 2. The number of fused-ring (bicyclic) bond motifs is 1. The summed E-state index contributed by atoms with van der Waals surface area (Å²) >= 11 is 0. The summed E-state index contributed by atoms with van der Waals surface area (Å²) in [5.41, 5.74) is 3.06. The molecule has 1 aromatic rings. The van der Waals surface area contributed by atoms with Crippen LogP contribution in [0.15, 0.2) is 6.20 Å². The summed E-state index contributed by atoms with van der Waals surface area (Å²) in [4.78, 5) is 0. The van der Waals surface area contributed by atoms with Crippen LogP contribution in [0.1, 0.15) is 31.5 Å². The van der Waals surface area contributed by atoms with E-state index in [4.69, 9.17) is 0 Å². The number of rotatable bonds is 0. The largest absolute Gasteiger partial charge is 0.275 e. The Kier molecular flexibility index (Phi) is 1.17. The van der Waals surface area contributed by atoms with Gasteiger partial charge in [0.15, 0.2) is 0 Å². The molecule has 0 aliphatic heterocycles. The highest BCUT2D eigenvalue weighted by Crippen LogP contribution is 2.36. The Balaban J connectivity index is 2.54. The molecular formula is C9H14N2. The molecule has 60 valence electrons. The molecule has 0 saturated heterocycles. The van der Waals surface area contributed by atoms with Crippen molar-refractivity contribution in [2.45, 2.75) is 32.1 Å². The third-order valence-electron chi connectivity index (χ3n) is 2.56. The standard InChI is InChI=1S/C9H14N2/c1-9(2)5-4-7-6-11(3)10-8(7)9/h6H,4-5H2,1-3H3. The van der Waals surface area contributed by atoms with Gasteiger partial charge in [0.25, 0.3) is 0 Å². The Hall–Kier alpha value is -0.790. The lowest BCUT2D eigenvalue weighted by molar-refractivity contribution is 0.494. The van der Waals surface area contributed by atoms with E-state index in [1.54, 1.807) is 0 Å². The molecule has 0 fully saturated rings. The second kappa shape index (κ2) is 1.87. The van der Waals surface area contributed by atoms with Gasteiger partial charge < -0.3 is 0 Å². The van der Waals surface area contributed by atoms with Crippen LogP contribution in [0.5, 0.6) is 0 Å². The van der Waals surface area contributed by atoms with E-state index in [0.29, 0.717) is 5.41 Å². The van der Waals surface area contributed by atoms with Gasteiger partial charge in [-0.1, -0.05) is 13.8 Å². The van der Waals surface area contributed by atoms with E-state index in [2.05, 4.69) is 25.1 Å². The molecular weight excluding hydrogens is 136 g/mol. The van der Waals surface area contributed by atoms with Crippen molar-refractivity contribution < 1.29 is 0 Å². The minimum atomic E-state index is 0.316. The van der Waals surface area contributed by atoms with Gasteiger partial charge >= 0.3 is 0 Å². The first-order valence-electron chi connectivity index (χ1n) is 4.12. The first-order valence-corrected chi connectivity index (χ1v) is 4.12. The van der Waals surface area contributed by atoms with E-state index in [1.807, 2.05) is 11.7 Å². The third-order valence-corrected chi connectivity index (χ3v) is 2.56. The van der Waals surface area contributed by atoms with Crippen molar-refractivity contribution in [2.75, 3.05) is 0 Å². The van der Waals surface area contributed by atoms with Gasteiger partial charge in [0.05, 0.1) is 5.69 Å². The Morgan fingerprint density at radius 3 is 2.91 bits per heavy atom. The lowest BCUT2D eigenvalue weighted by Gasteiger charge is -2.15. The average molecular weight is 150 g/mol. The molecule has 0 bridgehead atoms. The molecule has 1 heterocycles. The van der Waals surface area contributed by atoms with Crippen LogP contribution in [0.2, 0.25) is 0 Å². The Labute approximate surface area is 67.2 Å². The monoisotopic (exact) mass is 150 g/mol. The molecule has 0 N–H and O–H groups in total. The van der Waals surface area contributed by atoms with Crippen LogP contribution in [0.25, 0.3) is 0 Å². The molecule has 11 heavy (non-hydrogen) atoms. The topological polar surface area (TPSA) is 17.8 Å².